The second-order valence-electron chi connectivity index (χ2n) is 3.96. The standard InChI is InChI=1S/C10H14N2O6/c1-17-8-5(4-13)18-9(7(8)15)12-3-2-6(14)11-10(12)16/h2-3,5,7-9,13,15H,4H2,1H3,(H,11,14,16)/t5?,7-,8-,9-/m1/s1. The molecule has 4 atom stereocenters. The van der Waals surface area contributed by atoms with Crippen molar-refractivity contribution in [1.29, 1.82) is 0 Å². The van der Waals surface area contributed by atoms with Gasteiger partial charge in [0.1, 0.15) is 18.3 Å². The van der Waals surface area contributed by atoms with Crippen LogP contribution in [-0.4, -0.2) is 51.8 Å². The highest BCUT2D eigenvalue weighted by Crippen LogP contribution is 2.29. The topological polar surface area (TPSA) is 114 Å². The Hall–Kier alpha value is -1.48. The zero-order valence-corrected chi connectivity index (χ0v) is 9.65. The Morgan fingerprint density at radius 1 is 1.56 bits per heavy atom. The Balaban J connectivity index is 2.34. The van der Waals surface area contributed by atoms with Crippen molar-refractivity contribution < 1.29 is 19.7 Å². The molecule has 1 unspecified atom stereocenters. The largest absolute Gasteiger partial charge is 0.394 e. The summed E-state index contributed by atoms with van der Waals surface area (Å²) in [6.45, 7) is -0.343. The van der Waals surface area contributed by atoms with Crippen LogP contribution in [0.4, 0.5) is 0 Å². The maximum absolute atomic E-state index is 11.6. The van der Waals surface area contributed by atoms with E-state index in [-0.39, 0.29) is 6.61 Å². The summed E-state index contributed by atoms with van der Waals surface area (Å²) in [7, 11) is 1.37. The van der Waals surface area contributed by atoms with Crippen molar-refractivity contribution in [3.8, 4) is 0 Å². The SMILES string of the molecule is CO[C@@H]1C(CO)O[C@@H](n2ccc(=O)[nH]c2=O)[C@@H]1O. The number of aromatic nitrogens is 2. The molecule has 1 fully saturated rings. The minimum atomic E-state index is -1.12. The Bertz CT molecular complexity index is 524. The molecule has 100 valence electrons. The molecule has 8 nitrogen and oxygen atoms in total. The minimum Gasteiger partial charge on any atom is -0.394 e. The van der Waals surface area contributed by atoms with E-state index in [1.54, 1.807) is 0 Å². The van der Waals surface area contributed by atoms with E-state index in [0.717, 1.165) is 10.6 Å². The van der Waals surface area contributed by atoms with Crippen LogP contribution in [0.3, 0.4) is 0 Å². The third kappa shape index (κ3) is 2.10. The number of nitrogens with one attached hydrogen (secondary N) is 1. The van der Waals surface area contributed by atoms with Gasteiger partial charge in [0.25, 0.3) is 5.56 Å². The lowest BCUT2D eigenvalue weighted by molar-refractivity contribution is -0.0569. The van der Waals surface area contributed by atoms with Gasteiger partial charge in [-0.05, 0) is 0 Å². The van der Waals surface area contributed by atoms with E-state index in [4.69, 9.17) is 14.6 Å². The van der Waals surface area contributed by atoms with Gasteiger partial charge in [0.05, 0.1) is 6.61 Å². The van der Waals surface area contributed by atoms with E-state index in [1.165, 1.54) is 13.3 Å². The summed E-state index contributed by atoms with van der Waals surface area (Å²) in [5, 5.41) is 19.1. The van der Waals surface area contributed by atoms with E-state index in [0.29, 0.717) is 0 Å². The first kappa shape index (κ1) is 13.0. The van der Waals surface area contributed by atoms with Gasteiger partial charge >= 0.3 is 5.69 Å². The second kappa shape index (κ2) is 5.02. The number of methoxy groups -OCH3 is 1. The van der Waals surface area contributed by atoms with Crippen molar-refractivity contribution in [3.63, 3.8) is 0 Å². The first-order valence-corrected chi connectivity index (χ1v) is 5.37. The van der Waals surface area contributed by atoms with Crippen LogP contribution in [0.2, 0.25) is 0 Å². The Morgan fingerprint density at radius 2 is 2.28 bits per heavy atom. The van der Waals surface area contributed by atoms with Crippen LogP contribution in [0.25, 0.3) is 0 Å². The number of hydrogen-bond donors (Lipinski definition) is 3. The summed E-state index contributed by atoms with van der Waals surface area (Å²) in [4.78, 5) is 24.6. The summed E-state index contributed by atoms with van der Waals surface area (Å²) in [5.41, 5.74) is -1.23. The van der Waals surface area contributed by atoms with Crippen LogP contribution in [0.1, 0.15) is 6.23 Å². The molecular weight excluding hydrogens is 244 g/mol. The molecule has 1 aromatic rings. The molecule has 0 amide bonds. The molecular formula is C10H14N2O6. The Morgan fingerprint density at radius 3 is 2.78 bits per heavy atom. The molecule has 3 N–H and O–H groups in total. The summed E-state index contributed by atoms with van der Waals surface area (Å²) in [6, 6.07) is 1.14. The number of rotatable bonds is 3. The quantitative estimate of drug-likeness (QED) is 0.567. The Kier molecular flexibility index (Phi) is 3.62. The van der Waals surface area contributed by atoms with Gasteiger partial charge in [0.2, 0.25) is 0 Å². The second-order valence-corrected chi connectivity index (χ2v) is 3.96. The van der Waals surface area contributed by atoms with Crippen LogP contribution < -0.4 is 11.2 Å². The number of aliphatic hydroxyl groups is 2. The smallest absolute Gasteiger partial charge is 0.330 e. The van der Waals surface area contributed by atoms with E-state index in [1.807, 2.05) is 0 Å². The van der Waals surface area contributed by atoms with Crippen LogP contribution in [0.15, 0.2) is 21.9 Å². The van der Waals surface area contributed by atoms with Gasteiger partial charge in [-0.3, -0.25) is 14.3 Å². The molecule has 0 radical (unpaired) electrons. The molecule has 1 aliphatic heterocycles. The summed E-state index contributed by atoms with van der Waals surface area (Å²) >= 11 is 0. The third-order valence-electron chi connectivity index (χ3n) is 2.89. The fourth-order valence-electron chi connectivity index (χ4n) is 2.02. The maximum Gasteiger partial charge on any atom is 0.330 e. The summed E-state index contributed by atoms with van der Waals surface area (Å²) < 4.78 is 11.4. The van der Waals surface area contributed by atoms with E-state index in [9.17, 15) is 14.7 Å². The molecule has 0 bridgehead atoms. The molecule has 8 heteroatoms. The highest BCUT2D eigenvalue weighted by atomic mass is 16.6. The lowest BCUT2D eigenvalue weighted by Gasteiger charge is -2.17. The van der Waals surface area contributed by atoms with Crippen molar-refractivity contribution in [1.82, 2.24) is 9.55 Å². The molecule has 0 aromatic carbocycles. The highest BCUT2D eigenvalue weighted by Gasteiger charge is 2.44. The number of nitrogens with zero attached hydrogens (tertiary/aromatic N) is 1. The van der Waals surface area contributed by atoms with Crippen molar-refractivity contribution in [2.24, 2.45) is 0 Å². The summed E-state index contributed by atoms with van der Waals surface area (Å²) in [5.74, 6) is 0. The van der Waals surface area contributed by atoms with Gasteiger partial charge in [0, 0.05) is 19.4 Å². The molecule has 0 saturated carbocycles. The summed E-state index contributed by atoms with van der Waals surface area (Å²) in [6.07, 6.45) is -2.36. The average Bonchev–Trinajstić information content (AvgIpc) is 2.66. The number of H-pyrrole nitrogens is 1. The Labute approximate surface area is 101 Å². The molecule has 1 saturated heterocycles. The number of hydrogen-bond acceptors (Lipinski definition) is 6. The van der Waals surface area contributed by atoms with Crippen molar-refractivity contribution in [3.05, 3.63) is 33.1 Å². The first-order valence-electron chi connectivity index (χ1n) is 5.37. The van der Waals surface area contributed by atoms with Crippen LogP contribution in [0.5, 0.6) is 0 Å². The van der Waals surface area contributed by atoms with Crippen LogP contribution in [-0.2, 0) is 9.47 Å². The first-order chi connectivity index (χ1) is 8.58. The van der Waals surface area contributed by atoms with Gasteiger partial charge in [-0.15, -0.1) is 0 Å². The molecule has 1 aromatic heterocycles. The number of ether oxygens (including phenoxy) is 2. The third-order valence-corrected chi connectivity index (χ3v) is 2.89. The normalized spacial score (nSPS) is 31.7. The number of aliphatic hydroxyl groups excluding tert-OH is 2. The van der Waals surface area contributed by atoms with E-state index < -0.39 is 35.8 Å². The molecule has 18 heavy (non-hydrogen) atoms. The fourth-order valence-corrected chi connectivity index (χ4v) is 2.02. The molecule has 1 aliphatic rings. The van der Waals surface area contributed by atoms with Gasteiger partial charge in [-0.1, -0.05) is 0 Å². The van der Waals surface area contributed by atoms with Gasteiger partial charge in [-0.25, -0.2) is 4.79 Å². The molecule has 0 aliphatic carbocycles. The predicted molar refractivity (Wildman–Crippen MR) is 59.1 cm³/mol. The van der Waals surface area contributed by atoms with Gasteiger partial charge < -0.3 is 19.7 Å². The fraction of sp³-hybridized carbons (Fsp3) is 0.600. The maximum atomic E-state index is 11.6. The zero-order valence-electron chi connectivity index (χ0n) is 9.65. The molecule has 2 heterocycles. The van der Waals surface area contributed by atoms with Crippen molar-refractivity contribution in [2.75, 3.05) is 13.7 Å². The van der Waals surface area contributed by atoms with Crippen molar-refractivity contribution in [2.45, 2.75) is 24.5 Å². The number of aromatic amines is 1. The molecule has 2 rings (SSSR count). The minimum absolute atomic E-state index is 0.343. The van der Waals surface area contributed by atoms with E-state index in [2.05, 4.69) is 4.98 Å². The monoisotopic (exact) mass is 258 g/mol. The lowest BCUT2D eigenvalue weighted by Crippen LogP contribution is -2.38. The van der Waals surface area contributed by atoms with Crippen LogP contribution in [0, 0.1) is 0 Å². The highest BCUT2D eigenvalue weighted by molar-refractivity contribution is 4.93. The zero-order chi connectivity index (χ0) is 13.3. The van der Waals surface area contributed by atoms with Gasteiger partial charge in [-0.2, -0.15) is 0 Å². The average molecular weight is 258 g/mol. The van der Waals surface area contributed by atoms with Crippen LogP contribution >= 0.6 is 0 Å². The van der Waals surface area contributed by atoms with Crippen molar-refractivity contribution >= 4 is 0 Å². The van der Waals surface area contributed by atoms with Gasteiger partial charge in [0.15, 0.2) is 6.23 Å². The predicted octanol–water partition coefficient (Wildman–Crippen LogP) is -2.20. The van der Waals surface area contributed by atoms with E-state index >= 15 is 0 Å². The molecule has 0 spiro atoms. The lowest BCUT2D eigenvalue weighted by atomic mass is 10.1.